The third-order valence-electron chi connectivity index (χ3n) is 2.94. The molecule has 2 N–H and O–H groups in total. The maximum Gasteiger partial charge on any atom is 0.260 e. The molecule has 5 nitrogen and oxygen atoms in total. The maximum atomic E-state index is 13.5. The van der Waals surface area contributed by atoms with Crippen molar-refractivity contribution in [2.75, 3.05) is 18.9 Å². The normalized spacial score (nSPS) is 11.3. The van der Waals surface area contributed by atoms with Gasteiger partial charge in [0, 0.05) is 19.8 Å². The summed E-state index contributed by atoms with van der Waals surface area (Å²) in [6.45, 7) is 0.100. The summed E-state index contributed by atoms with van der Waals surface area (Å²) in [6, 6.07) is 9.55. The molecule has 0 unspecified atom stereocenters. The Kier molecular flexibility index (Phi) is 4.87. The van der Waals surface area contributed by atoms with Gasteiger partial charge in [0.25, 0.3) is 10.0 Å². The van der Waals surface area contributed by atoms with Gasteiger partial charge < -0.3 is 5.32 Å². The Morgan fingerprint density at radius 3 is 2.67 bits per heavy atom. The van der Waals surface area contributed by atoms with E-state index in [0.717, 1.165) is 0 Å². The average molecular weight is 309 g/mol. The van der Waals surface area contributed by atoms with Crippen molar-refractivity contribution in [3.63, 3.8) is 0 Å². The van der Waals surface area contributed by atoms with Gasteiger partial charge in [0.2, 0.25) is 0 Å². The molecular weight excluding hydrogens is 293 g/mol. The van der Waals surface area contributed by atoms with Gasteiger partial charge in [-0.1, -0.05) is 18.2 Å². The highest BCUT2D eigenvalue weighted by atomic mass is 32.2. The van der Waals surface area contributed by atoms with Crippen molar-refractivity contribution in [3.05, 3.63) is 54.0 Å². The Morgan fingerprint density at radius 2 is 1.95 bits per heavy atom. The third-order valence-corrected chi connectivity index (χ3v) is 4.36. The molecule has 1 heterocycles. The number of hydrogen-bond donors (Lipinski definition) is 2. The first-order valence-corrected chi connectivity index (χ1v) is 7.89. The summed E-state index contributed by atoms with van der Waals surface area (Å²) >= 11 is 0. The Morgan fingerprint density at radius 1 is 1.19 bits per heavy atom. The number of anilines is 1. The van der Waals surface area contributed by atoms with E-state index in [1.807, 2.05) is 0 Å². The smallest absolute Gasteiger partial charge is 0.260 e. The summed E-state index contributed by atoms with van der Waals surface area (Å²) in [4.78, 5) is 3.88. The summed E-state index contributed by atoms with van der Waals surface area (Å²) in [5, 5.41) is 2.71. The molecule has 1 aromatic heterocycles. The molecule has 0 aliphatic heterocycles. The summed E-state index contributed by atoms with van der Waals surface area (Å²) in [7, 11) is -2.11. The Balaban J connectivity index is 2.07. The van der Waals surface area contributed by atoms with Crippen LogP contribution in [0, 0.1) is 5.82 Å². The van der Waals surface area contributed by atoms with Gasteiger partial charge >= 0.3 is 0 Å². The number of rotatable bonds is 6. The molecular formula is C14H16FN3O2S. The fourth-order valence-electron chi connectivity index (χ4n) is 1.88. The fourth-order valence-corrected chi connectivity index (χ4v) is 3.05. The van der Waals surface area contributed by atoms with Crippen LogP contribution in [0.3, 0.4) is 0 Å². The SMILES string of the molecule is CNc1cccnc1S(=O)(=O)NCCc1ccccc1F. The van der Waals surface area contributed by atoms with Crippen LogP contribution in [0.5, 0.6) is 0 Å². The number of pyridine rings is 1. The van der Waals surface area contributed by atoms with E-state index in [1.54, 1.807) is 37.4 Å². The van der Waals surface area contributed by atoms with Crippen molar-refractivity contribution >= 4 is 15.7 Å². The molecule has 0 radical (unpaired) electrons. The lowest BCUT2D eigenvalue weighted by molar-refractivity contribution is 0.574. The lowest BCUT2D eigenvalue weighted by atomic mass is 10.1. The highest BCUT2D eigenvalue weighted by molar-refractivity contribution is 7.89. The zero-order valence-electron chi connectivity index (χ0n) is 11.5. The minimum Gasteiger partial charge on any atom is -0.386 e. The molecule has 0 saturated heterocycles. The van der Waals surface area contributed by atoms with Gasteiger partial charge in [-0.15, -0.1) is 0 Å². The topological polar surface area (TPSA) is 71.1 Å². The Bertz CT molecular complexity index is 720. The summed E-state index contributed by atoms with van der Waals surface area (Å²) < 4.78 is 40.2. The molecule has 1 aromatic carbocycles. The molecule has 21 heavy (non-hydrogen) atoms. The predicted molar refractivity (Wildman–Crippen MR) is 79.1 cm³/mol. The third kappa shape index (κ3) is 3.77. The molecule has 0 aliphatic rings. The van der Waals surface area contributed by atoms with Crippen molar-refractivity contribution in [1.82, 2.24) is 9.71 Å². The van der Waals surface area contributed by atoms with Gasteiger partial charge in [-0.3, -0.25) is 0 Å². The van der Waals surface area contributed by atoms with Gasteiger partial charge in [0.15, 0.2) is 5.03 Å². The van der Waals surface area contributed by atoms with E-state index in [2.05, 4.69) is 15.0 Å². The van der Waals surface area contributed by atoms with Crippen molar-refractivity contribution in [2.24, 2.45) is 0 Å². The van der Waals surface area contributed by atoms with Crippen LogP contribution >= 0.6 is 0 Å². The molecule has 0 aliphatic carbocycles. The van der Waals surface area contributed by atoms with Crippen molar-refractivity contribution in [3.8, 4) is 0 Å². The van der Waals surface area contributed by atoms with Gasteiger partial charge in [0.1, 0.15) is 5.82 Å². The number of nitrogens with zero attached hydrogens (tertiary/aromatic N) is 1. The van der Waals surface area contributed by atoms with Crippen LogP contribution in [0.1, 0.15) is 5.56 Å². The number of sulfonamides is 1. The first-order valence-electron chi connectivity index (χ1n) is 6.40. The van der Waals surface area contributed by atoms with Gasteiger partial charge in [-0.2, -0.15) is 0 Å². The first kappa shape index (κ1) is 15.4. The second kappa shape index (κ2) is 6.64. The Labute approximate surface area is 123 Å². The quantitative estimate of drug-likeness (QED) is 0.853. The van der Waals surface area contributed by atoms with Crippen LogP contribution in [-0.4, -0.2) is 27.0 Å². The molecule has 7 heteroatoms. The zero-order chi connectivity index (χ0) is 15.3. The summed E-state index contributed by atoms with van der Waals surface area (Å²) in [6.07, 6.45) is 1.68. The largest absolute Gasteiger partial charge is 0.386 e. The van der Waals surface area contributed by atoms with Crippen LogP contribution in [0.4, 0.5) is 10.1 Å². The molecule has 0 amide bonds. The molecule has 0 fully saturated rings. The first-order chi connectivity index (χ1) is 10.0. The number of benzene rings is 1. The van der Waals surface area contributed by atoms with Crippen LogP contribution in [-0.2, 0) is 16.4 Å². The van der Waals surface area contributed by atoms with Crippen molar-refractivity contribution < 1.29 is 12.8 Å². The second-order valence-electron chi connectivity index (χ2n) is 4.35. The summed E-state index contributed by atoms with van der Waals surface area (Å²) in [5.41, 5.74) is 0.881. The fraction of sp³-hybridized carbons (Fsp3) is 0.214. The molecule has 0 spiro atoms. The number of halogens is 1. The van der Waals surface area contributed by atoms with Gasteiger partial charge in [0.05, 0.1) is 5.69 Å². The zero-order valence-corrected chi connectivity index (χ0v) is 12.3. The predicted octanol–water partition coefficient (Wildman–Crippen LogP) is 1.78. The van der Waals surface area contributed by atoms with E-state index in [9.17, 15) is 12.8 Å². The van der Waals surface area contributed by atoms with Gasteiger partial charge in [-0.25, -0.2) is 22.5 Å². The van der Waals surface area contributed by atoms with Crippen molar-refractivity contribution in [1.29, 1.82) is 0 Å². The van der Waals surface area contributed by atoms with E-state index in [0.29, 0.717) is 11.3 Å². The van der Waals surface area contributed by atoms with E-state index in [4.69, 9.17) is 0 Å². The second-order valence-corrected chi connectivity index (χ2v) is 6.03. The van der Waals surface area contributed by atoms with Crippen LogP contribution < -0.4 is 10.0 Å². The van der Waals surface area contributed by atoms with Gasteiger partial charge in [-0.05, 0) is 30.2 Å². The van der Waals surface area contributed by atoms with Crippen LogP contribution in [0.25, 0.3) is 0 Å². The molecule has 0 bridgehead atoms. The Hall–Kier alpha value is -1.99. The molecule has 2 rings (SSSR count). The molecule has 2 aromatic rings. The van der Waals surface area contributed by atoms with Crippen LogP contribution in [0.2, 0.25) is 0 Å². The minimum atomic E-state index is -3.73. The number of nitrogens with one attached hydrogen (secondary N) is 2. The van der Waals surface area contributed by atoms with Crippen molar-refractivity contribution in [2.45, 2.75) is 11.4 Å². The summed E-state index contributed by atoms with van der Waals surface area (Å²) in [5.74, 6) is -0.342. The lowest BCUT2D eigenvalue weighted by Crippen LogP contribution is -2.27. The van der Waals surface area contributed by atoms with E-state index in [-0.39, 0.29) is 23.8 Å². The minimum absolute atomic E-state index is 0.0685. The van der Waals surface area contributed by atoms with E-state index >= 15 is 0 Å². The lowest BCUT2D eigenvalue weighted by Gasteiger charge is -2.10. The highest BCUT2D eigenvalue weighted by Gasteiger charge is 2.19. The standard InChI is InChI=1S/C14H16FN3O2S/c1-16-13-7-4-9-17-14(13)21(19,20)18-10-8-11-5-2-3-6-12(11)15/h2-7,9,16,18H,8,10H2,1H3. The molecule has 112 valence electrons. The average Bonchev–Trinajstić information content (AvgIpc) is 2.49. The number of hydrogen-bond acceptors (Lipinski definition) is 4. The highest BCUT2D eigenvalue weighted by Crippen LogP contribution is 2.16. The van der Waals surface area contributed by atoms with Crippen LogP contribution in [0.15, 0.2) is 47.6 Å². The van der Waals surface area contributed by atoms with E-state index in [1.165, 1.54) is 12.3 Å². The molecule has 0 saturated carbocycles. The monoisotopic (exact) mass is 309 g/mol. The molecule has 0 atom stereocenters. The van der Waals surface area contributed by atoms with E-state index < -0.39 is 10.0 Å². The maximum absolute atomic E-state index is 13.5. The number of aromatic nitrogens is 1.